The first-order valence-corrected chi connectivity index (χ1v) is 6.06. The van der Waals surface area contributed by atoms with Crippen molar-refractivity contribution in [3.05, 3.63) is 65.7 Å². The van der Waals surface area contributed by atoms with E-state index in [4.69, 9.17) is 5.11 Å². The number of hydrogen-bond acceptors (Lipinski definition) is 2. The fraction of sp³-hybridized carbons (Fsp3) is 0.0667. The Balaban J connectivity index is 2.03. The highest BCUT2D eigenvalue weighted by Crippen LogP contribution is 2.17. The van der Waals surface area contributed by atoms with Crippen LogP contribution < -0.4 is 0 Å². The summed E-state index contributed by atoms with van der Waals surface area (Å²) in [5, 5.41) is 9.02. The lowest BCUT2D eigenvalue weighted by atomic mass is 10.2. The van der Waals surface area contributed by atoms with Crippen LogP contribution >= 0.6 is 0 Å². The second-order valence-electron chi connectivity index (χ2n) is 4.51. The summed E-state index contributed by atoms with van der Waals surface area (Å²) in [7, 11) is 0. The molecule has 4 nitrogen and oxygen atoms in total. The number of carboxylic acids is 1. The minimum atomic E-state index is -0.981. The molecule has 3 rings (SSSR count). The van der Waals surface area contributed by atoms with Gasteiger partial charge in [-0.15, -0.1) is 0 Å². The van der Waals surface area contributed by atoms with Gasteiger partial charge in [0.2, 0.25) is 0 Å². The molecule has 1 aromatic heterocycles. The third kappa shape index (κ3) is 2.25. The van der Waals surface area contributed by atoms with Gasteiger partial charge in [-0.25, -0.2) is 14.2 Å². The smallest absolute Gasteiger partial charge is 0.335 e. The Bertz CT molecular complexity index is 795. The fourth-order valence-electron chi connectivity index (χ4n) is 2.15. The molecular formula is C15H11FN2O2. The summed E-state index contributed by atoms with van der Waals surface area (Å²) in [6, 6.07) is 11.1. The van der Waals surface area contributed by atoms with Crippen LogP contribution in [-0.2, 0) is 6.54 Å². The minimum Gasteiger partial charge on any atom is -0.478 e. The largest absolute Gasteiger partial charge is 0.478 e. The maximum absolute atomic E-state index is 13.2. The molecule has 0 bridgehead atoms. The Morgan fingerprint density at radius 3 is 2.85 bits per heavy atom. The van der Waals surface area contributed by atoms with E-state index >= 15 is 0 Å². The first-order chi connectivity index (χ1) is 9.63. The summed E-state index contributed by atoms with van der Waals surface area (Å²) < 4.78 is 15.0. The molecule has 0 aliphatic rings. The van der Waals surface area contributed by atoms with Gasteiger partial charge in [0, 0.05) is 6.54 Å². The molecule has 0 fully saturated rings. The van der Waals surface area contributed by atoms with Gasteiger partial charge in [-0.05, 0) is 35.9 Å². The Hall–Kier alpha value is -2.69. The highest BCUT2D eigenvalue weighted by molar-refractivity contribution is 5.92. The molecule has 5 heteroatoms. The summed E-state index contributed by atoms with van der Waals surface area (Å²) in [5.41, 5.74) is 2.43. The van der Waals surface area contributed by atoms with E-state index < -0.39 is 5.97 Å². The van der Waals surface area contributed by atoms with Crippen molar-refractivity contribution in [1.29, 1.82) is 0 Å². The van der Waals surface area contributed by atoms with Crippen LogP contribution in [0.25, 0.3) is 11.0 Å². The Kier molecular flexibility index (Phi) is 2.95. The molecule has 3 aromatic rings. The van der Waals surface area contributed by atoms with Gasteiger partial charge < -0.3 is 9.67 Å². The quantitative estimate of drug-likeness (QED) is 0.796. The molecule has 0 amide bonds. The van der Waals surface area contributed by atoms with Gasteiger partial charge in [0.15, 0.2) is 0 Å². The molecule has 2 aromatic carbocycles. The first kappa shape index (κ1) is 12.3. The summed E-state index contributed by atoms with van der Waals surface area (Å²) >= 11 is 0. The van der Waals surface area contributed by atoms with Gasteiger partial charge in [-0.3, -0.25) is 0 Å². The zero-order chi connectivity index (χ0) is 14.1. The number of hydrogen-bond donors (Lipinski definition) is 1. The van der Waals surface area contributed by atoms with E-state index in [1.54, 1.807) is 29.1 Å². The van der Waals surface area contributed by atoms with Crippen LogP contribution in [0.4, 0.5) is 4.39 Å². The predicted molar refractivity (Wildman–Crippen MR) is 72.2 cm³/mol. The number of carboxylic acid groups (broad SMARTS) is 1. The zero-order valence-electron chi connectivity index (χ0n) is 10.5. The van der Waals surface area contributed by atoms with Crippen molar-refractivity contribution in [2.45, 2.75) is 6.54 Å². The number of benzene rings is 2. The van der Waals surface area contributed by atoms with Crippen LogP contribution in [0.2, 0.25) is 0 Å². The van der Waals surface area contributed by atoms with Gasteiger partial charge in [0.05, 0.1) is 22.9 Å². The van der Waals surface area contributed by atoms with Gasteiger partial charge in [-0.1, -0.05) is 12.1 Å². The van der Waals surface area contributed by atoms with Crippen molar-refractivity contribution in [1.82, 2.24) is 9.55 Å². The van der Waals surface area contributed by atoms with E-state index in [-0.39, 0.29) is 11.4 Å². The number of carbonyl (C=O) groups is 1. The average Bonchev–Trinajstić information content (AvgIpc) is 2.81. The summed E-state index contributed by atoms with van der Waals surface area (Å²) in [6.45, 7) is 0.442. The molecule has 0 atom stereocenters. The zero-order valence-corrected chi connectivity index (χ0v) is 10.5. The van der Waals surface area contributed by atoms with Gasteiger partial charge in [0.1, 0.15) is 5.82 Å². The van der Waals surface area contributed by atoms with E-state index in [0.29, 0.717) is 17.6 Å². The van der Waals surface area contributed by atoms with E-state index in [9.17, 15) is 9.18 Å². The van der Waals surface area contributed by atoms with Crippen molar-refractivity contribution >= 4 is 17.0 Å². The lowest BCUT2D eigenvalue weighted by molar-refractivity contribution is 0.0697. The number of halogens is 1. The van der Waals surface area contributed by atoms with Crippen molar-refractivity contribution in [3.63, 3.8) is 0 Å². The molecule has 0 aliphatic carbocycles. The summed E-state index contributed by atoms with van der Waals surface area (Å²) in [5.74, 6) is -1.27. The minimum absolute atomic E-state index is 0.207. The predicted octanol–water partition coefficient (Wildman–Crippen LogP) is 2.92. The number of nitrogens with zero attached hydrogens (tertiary/aromatic N) is 2. The second kappa shape index (κ2) is 4.77. The number of aromatic nitrogens is 2. The molecule has 1 N–H and O–H groups in total. The fourth-order valence-corrected chi connectivity index (χ4v) is 2.15. The van der Waals surface area contributed by atoms with Crippen molar-refractivity contribution in [2.24, 2.45) is 0 Å². The Morgan fingerprint density at radius 1 is 1.25 bits per heavy atom. The molecule has 0 unspecified atom stereocenters. The SMILES string of the molecule is O=C(O)c1ccc2ncn(Cc3cccc(F)c3)c2c1. The van der Waals surface area contributed by atoms with Gasteiger partial charge >= 0.3 is 5.97 Å². The Morgan fingerprint density at radius 2 is 2.10 bits per heavy atom. The highest BCUT2D eigenvalue weighted by atomic mass is 19.1. The van der Waals surface area contributed by atoms with Crippen LogP contribution in [0.5, 0.6) is 0 Å². The van der Waals surface area contributed by atoms with Gasteiger partial charge in [-0.2, -0.15) is 0 Å². The van der Waals surface area contributed by atoms with Crippen molar-refractivity contribution < 1.29 is 14.3 Å². The number of rotatable bonds is 3. The second-order valence-corrected chi connectivity index (χ2v) is 4.51. The number of imidazole rings is 1. The number of fused-ring (bicyclic) bond motifs is 1. The molecule has 0 saturated heterocycles. The molecule has 0 aliphatic heterocycles. The van der Waals surface area contributed by atoms with Crippen LogP contribution in [0.15, 0.2) is 48.8 Å². The molecule has 0 radical (unpaired) electrons. The van der Waals surface area contributed by atoms with E-state index in [1.807, 2.05) is 6.07 Å². The molecule has 0 spiro atoms. The molecular weight excluding hydrogens is 259 g/mol. The molecule has 1 heterocycles. The van der Waals surface area contributed by atoms with E-state index in [1.165, 1.54) is 18.2 Å². The van der Waals surface area contributed by atoms with Gasteiger partial charge in [0.25, 0.3) is 0 Å². The normalized spacial score (nSPS) is 10.8. The number of aromatic carboxylic acids is 1. The highest BCUT2D eigenvalue weighted by Gasteiger charge is 2.08. The van der Waals surface area contributed by atoms with Crippen LogP contribution in [-0.4, -0.2) is 20.6 Å². The van der Waals surface area contributed by atoms with Crippen LogP contribution in [0.3, 0.4) is 0 Å². The van der Waals surface area contributed by atoms with Crippen molar-refractivity contribution in [3.8, 4) is 0 Å². The molecule has 0 saturated carbocycles. The standard InChI is InChI=1S/C15H11FN2O2/c16-12-3-1-2-10(6-12)8-18-9-17-13-5-4-11(15(19)20)7-14(13)18/h1-7,9H,8H2,(H,19,20). The van der Waals surface area contributed by atoms with Crippen LogP contribution in [0, 0.1) is 5.82 Å². The third-order valence-corrected chi connectivity index (χ3v) is 3.11. The van der Waals surface area contributed by atoms with E-state index in [0.717, 1.165) is 5.56 Å². The third-order valence-electron chi connectivity index (χ3n) is 3.11. The Labute approximate surface area is 114 Å². The summed E-state index contributed by atoms with van der Waals surface area (Å²) in [6.07, 6.45) is 1.63. The van der Waals surface area contributed by atoms with E-state index in [2.05, 4.69) is 4.98 Å². The molecule has 20 heavy (non-hydrogen) atoms. The lowest BCUT2D eigenvalue weighted by Crippen LogP contribution is -2.00. The lowest BCUT2D eigenvalue weighted by Gasteiger charge is -2.05. The first-order valence-electron chi connectivity index (χ1n) is 6.06. The van der Waals surface area contributed by atoms with Crippen LogP contribution in [0.1, 0.15) is 15.9 Å². The monoisotopic (exact) mass is 270 g/mol. The van der Waals surface area contributed by atoms with Crippen molar-refractivity contribution in [2.75, 3.05) is 0 Å². The summed E-state index contributed by atoms with van der Waals surface area (Å²) in [4.78, 5) is 15.2. The maximum Gasteiger partial charge on any atom is 0.335 e. The topological polar surface area (TPSA) is 55.1 Å². The maximum atomic E-state index is 13.2. The average molecular weight is 270 g/mol. The molecule has 100 valence electrons.